The second-order valence-electron chi connectivity index (χ2n) is 2.22. The molecule has 0 saturated heterocycles. The van der Waals surface area contributed by atoms with Crippen LogP contribution in [0.3, 0.4) is 0 Å². The summed E-state index contributed by atoms with van der Waals surface area (Å²) in [6.07, 6.45) is 1.14. The van der Waals surface area contributed by atoms with E-state index in [0.717, 1.165) is 0 Å². The molecule has 1 atom stereocenters. The first kappa shape index (κ1) is 14.8. The topological polar surface area (TPSA) is 150 Å². The van der Waals surface area contributed by atoms with Gasteiger partial charge in [-0.1, -0.05) is 0 Å². The molecule has 0 heterocycles. The number of aliphatic carboxylic acids is 1. The number of carboxylic acid groups (broad SMARTS) is 1. The highest BCUT2D eigenvalue weighted by atomic mass is 16.6. The zero-order valence-corrected chi connectivity index (χ0v) is 7.13. The molecule has 0 saturated carbocycles. The van der Waals surface area contributed by atoms with Crippen molar-refractivity contribution in [3.8, 4) is 0 Å². The highest BCUT2D eigenvalue weighted by molar-refractivity contribution is 5.72. The van der Waals surface area contributed by atoms with Gasteiger partial charge in [0.15, 0.2) is 0 Å². The molecular weight excluding hydrogens is 180 g/mol. The number of carboxylic acids is 1. The first-order valence-corrected chi connectivity index (χ1v) is 3.64. The average Bonchev–Trinajstić information content (AvgIpc) is 1.98. The van der Waals surface area contributed by atoms with Gasteiger partial charge in [0.2, 0.25) is 0 Å². The van der Waals surface area contributed by atoms with Crippen molar-refractivity contribution in [3.63, 3.8) is 0 Å². The maximum Gasteiger partial charge on any atom is 0.320 e. The van der Waals surface area contributed by atoms with Crippen molar-refractivity contribution >= 4 is 5.97 Å². The molecule has 0 amide bonds. The highest BCUT2D eigenvalue weighted by Crippen LogP contribution is 1.91. The van der Waals surface area contributed by atoms with E-state index in [1.165, 1.54) is 0 Å². The van der Waals surface area contributed by atoms with Crippen LogP contribution >= 0.6 is 0 Å². The summed E-state index contributed by atoms with van der Waals surface area (Å²) in [5.41, 5.74) is 10.3. The van der Waals surface area contributed by atoms with Crippen molar-refractivity contribution in [1.29, 1.82) is 0 Å². The number of nitrogens with two attached hydrogens (primary N) is 2. The molecule has 0 aliphatic heterocycles. The number of carbonyl (C=O) groups is 1. The van der Waals surface area contributed by atoms with Gasteiger partial charge >= 0.3 is 5.97 Å². The van der Waals surface area contributed by atoms with Crippen LogP contribution in [0.2, 0.25) is 0 Å². The standard InChI is InChI=1S/C5H12N2O2.CH4O3/c6-3-1-2-4(7)5(8)9;2-1(3)4/h4H,1-3,6-7H2,(H,8,9);1-4H/t4-;/m0./s1. The van der Waals surface area contributed by atoms with Gasteiger partial charge in [-0.15, -0.1) is 0 Å². The van der Waals surface area contributed by atoms with Crippen LogP contribution in [0.5, 0.6) is 0 Å². The van der Waals surface area contributed by atoms with Crippen LogP contribution in [0.25, 0.3) is 0 Å². The maximum atomic E-state index is 10.0. The van der Waals surface area contributed by atoms with Gasteiger partial charge in [-0.25, -0.2) is 0 Å². The molecule has 0 bridgehead atoms. The van der Waals surface area contributed by atoms with Crippen LogP contribution in [0.1, 0.15) is 12.8 Å². The predicted octanol–water partition coefficient (Wildman–Crippen LogP) is -2.62. The van der Waals surface area contributed by atoms with Gasteiger partial charge in [-0.3, -0.25) is 4.79 Å². The summed E-state index contributed by atoms with van der Waals surface area (Å²) in [4.78, 5) is 10.0. The summed E-state index contributed by atoms with van der Waals surface area (Å²) in [7, 11) is 0. The Morgan fingerprint density at radius 3 is 1.92 bits per heavy atom. The number of rotatable bonds is 4. The summed E-state index contributed by atoms with van der Waals surface area (Å²) in [5, 5.41) is 29.7. The lowest BCUT2D eigenvalue weighted by Crippen LogP contribution is -2.30. The van der Waals surface area contributed by atoms with Crippen molar-refractivity contribution < 1.29 is 25.2 Å². The molecule has 0 aliphatic rings. The van der Waals surface area contributed by atoms with E-state index in [1.54, 1.807) is 0 Å². The van der Waals surface area contributed by atoms with Crippen molar-refractivity contribution in [2.24, 2.45) is 11.5 Å². The largest absolute Gasteiger partial charge is 0.480 e. The highest BCUT2D eigenvalue weighted by Gasteiger charge is 2.08. The normalized spacial score (nSPS) is 11.8. The molecule has 7 nitrogen and oxygen atoms in total. The van der Waals surface area contributed by atoms with Crippen LogP contribution in [0, 0.1) is 0 Å². The van der Waals surface area contributed by atoms with Gasteiger partial charge in [-0.05, 0) is 19.4 Å². The molecule has 0 fully saturated rings. The molecule has 8 N–H and O–H groups in total. The van der Waals surface area contributed by atoms with Crippen molar-refractivity contribution in [2.45, 2.75) is 25.4 Å². The molecule has 0 aromatic heterocycles. The van der Waals surface area contributed by atoms with Gasteiger partial charge in [-0.2, -0.15) is 0 Å². The first-order chi connectivity index (χ1) is 5.91. The Morgan fingerprint density at radius 1 is 1.31 bits per heavy atom. The maximum absolute atomic E-state index is 10.0. The number of aliphatic hydroxyl groups is 3. The van der Waals surface area contributed by atoms with Gasteiger partial charge in [0.1, 0.15) is 6.04 Å². The minimum Gasteiger partial charge on any atom is -0.480 e. The lowest BCUT2D eigenvalue weighted by atomic mass is 10.2. The minimum absolute atomic E-state index is 0.464. The Hall–Kier alpha value is -0.730. The smallest absolute Gasteiger partial charge is 0.320 e. The van der Waals surface area contributed by atoms with Crippen LogP contribution in [-0.4, -0.2) is 45.5 Å². The van der Waals surface area contributed by atoms with Gasteiger partial charge in [0.25, 0.3) is 6.48 Å². The third-order valence-corrected chi connectivity index (χ3v) is 1.04. The zero-order chi connectivity index (χ0) is 10.9. The van der Waals surface area contributed by atoms with Crippen molar-refractivity contribution in [3.05, 3.63) is 0 Å². The van der Waals surface area contributed by atoms with E-state index in [0.29, 0.717) is 19.4 Å². The molecule has 7 heteroatoms. The minimum atomic E-state index is -2.17. The fraction of sp³-hybridized carbons (Fsp3) is 0.833. The summed E-state index contributed by atoms with van der Waals surface area (Å²) < 4.78 is 0. The fourth-order valence-electron chi connectivity index (χ4n) is 0.461. The second-order valence-corrected chi connectivity index (χ2v) is 2.22. The van der Waals surface area contributed by atoms with Gasteiger partial charge in [0, 0.05) is 0 Å². The van der Waals surface area contributed by atoms with E-state index < -0.39 is 18.5 Å². The average molecular weight is 196 g/mol. The molecule has 13 heavy (non-hydrogen) atoms. The Balaban J connectivity index is 0. The molecule has 0 aromatic rings. The van der Waals surface area contributed by atoms with Crippen LogP contribution in [0.15, 0.2) is 0 Å². The summed E-state index contributed by atoms with van der Waals surface area (Å²) in [6, 6.07) is -0.742. The van der Waals surface area contributed by atoms with E-state index in [-0.39, 0.29) is 0 Å². The molecule has 80 valence electrons. The van der Waals surface area contributed by atoms with E-state index in [2.05, 4.69) is 0 Å². The monoisotopic (exact) mass is 196 g/mol. The number of hydrogen-bond donors (Lipinski definition) is 6. The van der Waals surface area contributed by atoms with E-state index in [4.69, 9.17) is 31.9 Å². The van der Waals surface area contributed by atoms with Crippen LogP contribution < -0.4 is 11.5 Å². The van der Waals surface area contributed by atoms with E-state index in [9.17, 15) is 4.79 Å². The molecular formula is C6H16N2O5. The quantitative estimate of drug-likeness (QED) is 0.269. The third kappa shape index (κ3) is 18.3. The molecule has 0 rings (SSSR count). The lowest BCUT2D eigenvalue weighted by Gasteiger charge is -2.02. The molecule has 0 aliphatic carbocycles. The zero-order valence-electron chi connectivity index (χ0n) is 7.13. The number of hydrogen-bond acceptors (Lipinski definition) is 6. The summed E-state index contributed by atoms with van der Waals surface area (Å²) >= 11 is 0. The lowest BCUT2D eigenvalue weighted by molar-refractivity contribution is -0.198. The van der Waals surface area contributed by atoms with E-state index >= 15 is 0 Å². The second kappa shape index (κ2) is 9.36. The SMILES string of the molecule is NCCC[C@H](N)C(=O)O.OC(O)O. The Bertz CT molecular complexity index is 127. The molecule has 0 aromatic carbocycles. The number of aliphatic hydroxyl groups excluding tert-OH is 1. The van der Waals surface area contributed by atoms with Crippen LogP contribution in [-0.2, 0) is 4.79 Å². The van der Waals surface area contributed by atoms with Gasteiger partial charge < -0.3 is 31.9 Å². The summed E-state index contributed by atoms with van der Waals surface area (Å²) in [5.74, 6) is -0.955. The first-order valence-electron chi connectivity index (χ1n) is 3.64. The van der Waals surface area contributed by atoms with Crippen molar-refractivity contribution in [2.75, 3.05) is 6.54 Å². The Kier molecular flexibility index (Phi) is 10.6. The summed E-state index contributed by atoms with van der Waals surface area (Å²) in [6.45, 7) is -1.67. The molecule has 0 radical (unpaired) electrons. The van der Waals surface area contributed by atoms with Crippen LogP contribution in [0.4, 0.5) is 0 Å². The Labute approximate surface area is 75.6 Å². The fourth-order valence-corrected chi connectivity index (χ4v) is 0.461. The molecule has 0 unspecified atom stereocenters. The predicted molar refractivity (Wildman–Crippen MR) is 44.3 cm³/mol. The van der Waals surface area contributed by atoms with Crippen molar-refractivity contribution in [1.82, 2.24) is 0 Å². The third-order valence-electron chi connectivity index (χ3n) is 1.04. The Morgan fingerprint density at radius 2 is 1.69 bits per heavy atom. The van der Waals surface area contributed by atoms with Gasteiger partial charge in [0.05, 0.1) is 0 Å². The van der Waals surface area contributed by atoms with E-state index in [1.807, 2.05) is 0 Å². The molecule has 0 spiro atoms.